The maximum atomic E-state index is 6.44. The van der Waals surface area contributed by atoms with Crippen molar-refractivity contribution in [3.05, 3.63) is 0 Å². The molecule has 3 saturated carbocycles. The van der Waals surface area contributed by atoms with Crippen molar-refractivity contribution in [1.29, 1.82) is 0 Å². The van der Waals surface area contributed by atoms with E-state index >= 15 is 0 Å². The molecule has 0 spiro atoms. The molecule has 0 aromatic rings. The van der Waals surface area contributed by atoms with E-state index in [-0.39, 0.29) is 24.8 Å². The number of hydrogen-bond donors (Lipinski definition) is 0. The summed E-state index contributed by atoms with van der Waals surface area (Å²) in [6, 6.07) is 0. The normalized spacial score (nSPS) is 52.1. The Labute approximate surface area is 121 Å². The molecule has 5 rings (SSSR count). The largest absolute Gasteiger partial charge is 0.477 e. The molecule has 5 atom stereocenters. The Bertz CT molecular complexity index is 407. The van der Waals surface area contributed by atoms with Crippen molar-refractivity contribution in [1.82, 2.24) is 4.42 Å². The molecule has 0 amide bonds. The molecule has 5 aliphatic rings. The molecule has 0 aromatic heterocycles. The van der Waals surface area contributed by atoms with E-state index in [1.165, 1.54) is 6.42 Å². The van der Waals surface area contributed by atoms with Crippen LogP contribution in [0.4, 0.5) is 0 Å². The highest BCUT2D eigenvalue weighted by Crippen LogP contribution is 2.65. The smallest absolute Gasteiger partial charge is 0.404 e. The molecule has 106 valence electrons. The van der Waals surface area contributed by atoms with Crippen LogP contribution in [0, 0.1) is 17.3 Å². The number of rotatable bonds is 1. The maximum absolute atomic E-state index is 6.44. The molecule has 1 unspecified atom stereocenters. The Morgan fingerprint density at radius 1 is 1.26 bits per heavy atom. The van der Waals surface area contributed by atoms with E-state index in [4.69, 9.17) is 21.1 Å². The van der Waals surface area contributed by atoms with E-state index < -0.39 is 0 Å². The Kier molecular flexibility index (Phi) is 2.66. The third kappa shape index (κ3) is 1.58. The van der Waals surface area contributed by atoms with Gasteiger partial charge in [0.2, 0.25) is 0 Å². The molecular formula is C14H23BClNO2. The third-order valence-electron chi connectivity index (χ3n) is 6.51. The molecule has 5 fully saturated rings. The van der Waals surface area contributed by atoms with Crippen molar-refractivity contribution in [2.75, 3.05) is 6.54 Å². The van der Waals surface area contributed by atoms with E-state index in [9.17, 15) is 0 Å². The minimum Gasteiger partial charge on any atom is -0.404 e. The van der Waals surface area contributed by atoms with E-state index in [0.29, 0.717) is 11.3 Å². The van der Waals surface area contributed by atoms with Crippen LogP contribution in [-0.2, 0) is 9.31 Å². The summed E-state index contributed by atoms with van der Waals surface area (Å²) in [7, 11) is -0.120. The minimum absolute atomic E-state index is 0.0940. The maximum Gasteiger partial charge on any atom is 0.477 e. The summed E-state index contributed by atoms with van der Waals surface area (Å²) in [5.41, 5.74) is 0.322. The average molecular weight is 284 g/mol. The molecule has 3 nitrogen and oxygen atoms in total. The topological polar surface area (TPSA) is 21.7 Å². The van der Waals surface area contributed by atoms with Gasteiger partial charge in [-0.3, -0.25) is 0 Å². The average Bonchev–Trinajstić information content (AvgIpc) is 2.90. The molecule has 2 bridgehead atoms. The highest BCUT2D eigenvalue weighted by molar-refractivity contribution is 6.48. The monoisotopic (exact) mass is 283 g/mol. The van der Waals surface area contributed by atoms with Crippen molar-refractivity contribution >= 4 is 18.9 Å². The van der Waals surface area contributed by atoms with Crippen LogP contribution in [0.2, 0.25) is 0 Å². The van der Waals surface area contributed by atoms with E-state index in [1.807, 2.05) is 4.42 Å². The van der Waals surface area contributed by atoms with Gasteiger partial charge in [0, 0.05) is 6.54 Å². The summed E-state index contributed by atoms with van der Waals surface area (Å²) >= 11 is 6.28. The molecule has 5 heteroatoms. The van der Waals surface area contributed by atoms with Crippen LogP contribution in [0.1, 0.15) is 46.5 Å². The first-order valence-corrected chi connectivity index (χ1v) is 8.02. The summed E-state index contributed by atoms with van der Waals surface area (Å²) in [5, 5.41) is 0. The zero-order valence-corrected chi connectivity index (χ0v) is 12.8. The van der Waals surface area contributed by atoms with Crippen molar-refractivity contribution < 1.29 is 9.31 Å². The van der Waals surface area contributed by atoms with Gasteiger partial charge in [-0.2, -0.15) is 0 Å². The zero-order chi connectivity index (χ0) is 13.4. The zero-order valence-electron chi connectivity index (χ0n) is 12.1. The second-order valence-corrected chi connectivity index (χ2v) is 8.10. The van der Waals surface area contributed by atoms with Gasteiger partial charge in [0.1, 0.15) is 0 Å². The van der Waals surface area contributed by atoms with Crippen LogP contribution in [0.3, 0.4) is 0 Å². The van der Waals surface area contributed by atoms with Crippen molar-refractivity contribution in [3.63, 3.8) is 0 Å². The van der Waals surface area contributed by atoms with Crippen LogP contribution >= 0.6 is 11.8 Å². The van der Waals surface area contributed by atoms with Crippen LogP contribution in [0.25, 0.3) is 0 Å². The van der Waals surface area contributed by atoms with Gasteiger partial charge in [-0.05, 0) is 61.6 Å². The van der Waals surface area contributed by atoms with Gasteiger partial charge in [-0.15, -0.1) is 0 Å². The number of hydrogen-bond acceptors (Lipinski definition) is 3. The van der Waals surface area contributed by atoms with Crippen LogP contribution in [0.5, 0.6) is 0 Å². The van der Waals surface area contributed by atoms with Crippen LogP contribution in [-0.4, -0.2) is 35.7 Å². The van der Waals surface area contributed by atoms with Gasteiger partial charge in [-0.25, -0.2) is 4.42 Å². The third-order valence-corrected chi connectivity index (χ3v) is 6.93. The summed E-state index contributed by atoms with van der Waals surface area (Å²) in [5.74, 6) is 1.69. The van der Waals surface area contributed by atoms with Gasteiger partial charge in [0.25, 0.3) is 0 Å². The summed E-state index contributed by atoms with van der Waals surface area (Å²) < 4.78 is 14.6. The lowest BCUT2D eigenvalue weighted by Crippen LogP contribution is -2.65. The molecular weight excluding hydrogens is 260 g/mol. The molecule has 3 aliphatic carbocycles. The van der Waals surface area contributed by atoms with Gasteiger partial charge < -0.3 is 9.31 Å². The Hall–Kier alpha value is 0.235. The standard InChI is InChI=1S/C14H23BClNO2/c1-13(2)9-7-10(13)14(3)11(8-9)18-15(19-14)12-5-4-6-17(12)16/h9-12H,4-8H2,1-3H3/t9-,10-,11+,12?,14-/m0/s1. The summed E-state index contributed by atoms with van der Waals surface area (Å²) in [6.45, 7) is 8.02. The fourth-order valence-corrected chi connectivity index (χ4v) is 5.40. The molecule has 2 aliphatic heterocycles. The van der Waals surface area contributed by atoms with E-state index in [0.717, 1.165) is 31.7 Å². The lowest BCUT2D eigenvalue weighted by atomic mass is 9.43. The Morgan fingerprint density at radius 2 is 2.05 bits per heavy atom. The van der Waals surface area contributed by atoms with Crippen molar-refractivity contribution in [2.45, 2.75) is 64.1 Å². The van der Waals surface area contributed by atoms with Crippen LogP contribution < -0.4 is 0 Å². The van der Waals surface area contributed by atoms with E-state index in [2.05, 4.69) is 20.8 Å². The lowest BCUT2D eigenvalue weighted by molar-refractivity contribution is -0.199. The first kappa shape index (κ1) is 12.9. The molecule has 2 saturated heterocycles. The van der Waals surface area contributed by atoms with E-state index in [1.54, 1.807) is 0 Å². The fourth-order valence-electron chi connectivity index (χ4n) is 5.09. The first-order chi connectivity index (χ1) is 8.93. The van der Waals surface area contributed by atoms with Gasteiger partial charge >= 0.3 is 7.12 Å². The SMILES string of the molecule is CC1(C)[C@@H]2C[C@H]3OB(C4CCCN4Cl)O[C@@]3(C)[C@H]1C2. The minimum atomic E-state index is -0.120. The molecule has 0 N–H and O–H groups in total. The second kappa shape index (κ2) is 3.91. The summed E-state index contributed by atoms with van der Waals surface area (Å²) in [6.07, 6.45) is 4.99. The number of nitrogens with zero attached hydrogens (tertiary/aromatic N) is 1. The summed E-state index contributed by atoms with van der Waals surface area (Å²) in [4.78, 5) is 0. The van der Waals surface area contributed by atoms with Gasteiger partial charge in [0.15, 0.2) is 0 Å². The molecule has 19 heavy (non-hydrogen) atoms. The molecule has 0 aromatic carbocycles. The van der Waals surface area contributed by atoms with Crippen molar-refractivity contribution in [3.8, 4) is 0 Å². The second-order valence-electron chi connectivity index (χ2n) is 7.67. The van der Waals surface area contributed by atoms with Gasteiger partial charge in [0.05, 0.1) is 17.6 Å². The Morgan fingerprint density at radius 3 is 2.68 bits per heavy atom. The Balaban J connectivity index is 1.57. The van der Waals surface area contributed by atoms with Crippen LogP contribution in [0.15, 0.2) is 0 Å². The number of halogens is 1. The van der Waals surface area contributed by atoms with Crippen molar-refractivity contribution in [2.24, 2.45) is 17.3 Å². The quantitative estimate of drug-likeness (QED) is 0.546. The predicted octanol–water partition coefficient (Wildman–Crippen LogP) is 2.87. The highest BCUT2D eigenvalue weighted by Gasteiger charge is 2.68. The molecule has 2 heterocycles. The lowest BCUT2D eigenvalue weighted by Gasteiger charge is -2.64. The fraction of sp³-hybridized carbons (Fsp3) is 1.00. The first-order valence-electron chi connectivity index (χ1n) is 7.68. The van der Waals surface area contributed by atoms with Gasteiger partial charge in [-0.1, -0.05) is 13.8 Å². The predicted molar refractivity (Wildman–Crippen MR) is 75.7 cm³/mol. The molecule has 0 radical (unpaired) electrons. The highest BCUT2D eigenvalue weighted by atomic mass is 35.5.